The molecule has 1 saturated heterocycles. The molecule has 0 bridgehead atoms. The van der Waals surface area contributed by atoms with E-state index in [1.807, 2.05) is 22.9 Å². The van der Waals surface area contributed by atoms with Crippen LogP contribution in [0.2, 0.25) is 0 Å². The van der Waals surface area contributed by atoms with Crippen LogP contribution in [0.25, 0.3) is 10.9 Å². The minimum absolute atomic E-state index is 0.0488. The molecule has 9 heteroatoms. The first kappa shape index (κ1) is 16.4. The van der Waals surface area contributed by atoms with E-state index in [9.17, 15) is 0 Å². The van der Waals surface area contributed by atoms with Gasteiger partial charge in [0.2, 0.25) is 5.71 Å². The second-order valence-electron chi connectivity index (χ2n) is 5.39. The number of aromatic nitrogens is 2. The number of nitriles is 1. The smallest absolute Gasteiger partial charge is 0.201 e. The van der Waals surface area contributed by atoms with Gasteiger partial charge in [0, 0.05) is 12.0 Å². The third-order valence-corrected chi connectivity index (χ3v) is 4.33. The fourth-order valence-electron chi connectivity index (χ4n) is 2.57. The molecule has 0 saturated carbocycles. The van der Waals surface area contributed by atoms with E-state index in [2.05, 4.69) is 31.6 Å². The lowest BCUT2D eigenvalue weighted by Crippen LogP contribution is -2.21. The van der Waals surface area contributed by atoms with Crippen LogP contribution >= 0.6 is 15.9 Å². The summed E-state index contributed by atoms with van der Waals surface area (Å²) in [5.74, 6) is -0.380. The van der Waals surface area contributed by atoms with E-state index in [0.717, 1.165) is 36.8 Å². The molecule has 1 aromatic carbocycles. The lowest BCUT2D eigenvalue weighted by atomic mass is 10.2. The Bertz CT molecular complexity index is 845. The number of ether oxygens (including phenoxy) is 1. The van der Waals surface area contributed by atoms with Gasteiger partial charge in [-0.3, -0.25) is 10.8 Å². The minimum atomic E-state index is -0.380. The van der Waals surface area contributed by atoms with Crippen LogP contribution in [0.3, 0.4) is 0 Å². The van der Waals surface area contributed by atoms with Gasteiger partial charge in [-0.1, -0.05) is 0 Å². The van der Waals surface area contributed by atoms with E-state index in [1.54, 1.807) is 6.07 Å². The van der Waals surface area contributed by atoms with E-state index >= 15 is 0 Å². The number of hydrogen-bond donors (Lipinski definition) is 3. The van der Waals surface area contributed by atoms with Crippen LogP contribution in [-0.2, 0) is 4.74 Å². The highest BCUT2D eigenvalue weighted by Gasteiger charge is 2.20. The highest BCUT2D eigenvalue weighted by Crippen LogP contribution is 2.31. The van der Waals surface area contributed by atoms with Crippen LogP contribution in [0.1, 0.15) is 25.5 Å². The number of nitrogens with zero attached hydrogens (tertiary/aromatic N) is 4. The van der Waals surface area contributed by atoms with Crippen molar-refractivity contribution in [3.8, 4) is 6.07 Å². The van der Waals surface area contributed by atoms with E-state index in [1.165, 1.54) is 0 Å². The number of halogens is 1. The number of benzene rings is 1. The number of hydrogen-bond acceptors (Lipinski definition) is 6. The van der Waals surface area contributed by atoms with Crippen molar-refractivity contribution < 1.29 is 4.74 Å². The van der Waals surface area contributed by atoms with Gasteiger partial charge in [0.25, 0.3) is 0 Å². The summed E-state index contributed by atoms with van der Waals surface area (Å²) in [4.78, 5) is 0. The fraction of sp³-hybridized carbons (Fsp3) is 0.333. The molecule has 1 unspecified atom stereocenters. The number of rotatable bonds is 4. The molecule has 1 fully saturated rings. The molecule has 124 valence electrons. The Morgan fingerprint density at radius 2 is 2.38 bits per heavy atom. The Hall–Kier alpha value is -2.44. The molecule has 1 atom stereocenters. The summed E-state index contributed by atoms with van der Waals surface area (Å²) >= 11 is 3.48. The molecule has 1 aliphatic heterocycles. The lowest BCUT2D eigenvalue weighted by molar-refractivity contribution is -0.0368. The van der Waals surface area contributed by atoms with Crippen molar-refractivity contribution in [3.63, 3.8) is 0 Å². The number of nitrogens with two attached hydrogens (primary N) is 1. The zero-order valence-electron chi connectivity index (χ0n) is 12.8. The molecule has 4 N–H and O–H groups in total. The van der Waals surface area contributed by atoms with E-state index in [-0.39, 0.29) is 17.8 Å². The molecule has 2 heterocycles. The van der Waals surface area contributed by atoms with E-state index in [4.69, 9.17) is 21.1 Å². The zero-order chi connectivity index (χ0) is 17.1. The number of nitrogens with one attached hydrogen (secondary N) is 2. The first-order valence-electron chi connectivity index (χ1n) is 7.47. The van der Waals surface area contributed by atoms with Crippen LogP contribution in [0.4, 0.5) is 5.69 Å². The average molecular weight is 390 g/mol. The second-order valence-corrected chi connectivity index (χ2v) is 6.14. The summed E-state index contributed by atoms with van der Waals surface area (Å²) in [6, 6.07) is 7.38. The summed E-state index contributed by atoms with van der Waals surface area (Å²) in [5.41, 5.74) is 9.46. The molecule has 1 aromatic heterocycles. The number of hydrazone groups is 1. The Morgan fingerprint density at radius 1 is 1.54 bits per heavy atom. The third-order valence-electron chi connectivity index (χ3n) is 3.75. The van der Waals surface area contributed by atoms with Crippen LogP contribution in [0, 0.1) is 16.7 Å². The molecular weight excluding hydrogens is 374 g/mol. The molecule has 2 aromatic rings. The fourth-order valence-corrected chi connectivity index (χ4v) is 3.06. The number of amidine groups is 1. The number of fused-ring (bicyclic) bond motifs is 1. The van der Waals surface area contributed by atoms with Crippen LogP contribution in [0.5, 0.6) is 0 Å². The topological polar surface area (TPSA) is 125 Å². The largest absolute Gasteiger partial charge is 0.382 e. The van der Waals surface area contributed by atoms with Crippen molar-refractivity contribution in [2.24, 2.45) is 10.8 Å². The summed E-state index contributed by atoms with van der Waals surface area (Å²) in [7, 11) is 0. The van der Waals surface area contributed by atoms with Crippen molar-refractivity contribution in [1.82, 2.24) is 9.78 Å². The average Bonchev–Trinajstić information content (AvgIpc) is 2.92. The lowest BCUT2D eigenvalue weighted by Gasteiger charge is -2.23. The Kier molecular flexibility index (Phi) is 4.78. The first-order chi connectivity index (χ1) is 11.6. The van der Waals surface area contributed by atoms with Gasteiger partial charge in [-0.2, -0.15) is 15.5 Å². The van der Waals surface area contributed by atoms with Crippen molar-refractivity contribution >= 4 is 44.1 Å². The maximum Gasteiger partial charge on any atom is 0.201 e. The van der Waals surface area contributed by atoms with Crippen molar-refractivity contribution in [1.29, 1.82) is 10.7 Å². The molecule has 8 nitrogen and oxygen atoms in total. The van der Waals surface area contributed by atoms with Gasteiger partial charge in [-0.05, 0) is 53.4 Å². The molecule has 0 aliphatic carbocycles. The van der Waals surface area contributed by atoms with Crippen LogP contribution in [-0.4, -0.2) is 27.9 Å². The zero-order valence-corrected chi connectivity index (χ0v) is 14.4. The molecule has 0 radical (unpaired) electrons. The predicted octanol–water partition coefficient (Wildman–Crippen LogP) is 2.73. The molecule has 3 rings (SSSR count). The second kappa shape index (κ2) is 6.98. The molecule has 1 aliphatic rings. The summed E-state index contributed by atoms with van der Waals surface area (Å²) in [5, 5.41) is 25.4. The van der Waals surface area contributed by atoms with E-state index < -0.39 is 0 Å². The van der Waals surface area contributed by atoms with Gasteiger partial charge in [-0.15, -0.1) is 0 Å². The van der Waals surface area contributed by atoms with Crippen molar-refractivity contribution in [3.05, 3.63) is 22.8 Å². The maximum atomic E-state index is 8.86. The third kappa shape index (κ3) is 3.25. The highest BCUT2D eigenvalue weighted by atomic mass is 79.9. The highest BCUT2D eigenvalue weighted by molar-refractivity contribution is 9.10. The molecular formula is C15H16BrN7O. The van der Waals surface area contributed by atoms with Gasteiger partial charge in [0.05, 0.1) is 11.2 Å². The molecule has 0 spiro atoms. The van der Waals surface area contributed by atoms with Gasteiger partial charge >= 0.3 is 0 Å². The summed E-state index contributed by atoms with van der Waals surface area (Å²) in [6.07, 6.45) is 3.10. The monoisotopic (exact) mass is 389 g/mol. The van der Waals surface area contributed by atoms with Gasteiger partial charge in [0.1, 0.15) is 10.7 Å². The maximum absolute atomic E-state index is 8.86. The van der Waals surface area contributed by atoms with Crippen LogP contribution < -0.4 is 11.2 Å². The Balaban J connectivity index is 1.91. The van der Waals surface area contributed by atoms with Crippen molar-refractivity contribution in [2.45, 2.75) is 25.5 Å². The standard InChI is InChI=1S/C15H16BrN7O/c16-14-10-7-9(20-21-11(8-17)15(18)19)4-5-12(10)23(22-14)13-3-1-2-6-24-13/h4-5,7,13,20H,1-3,6H2,(H3,18,19)/b21-11+. The van der Waals surface area contributed by atoms with Gasteiger partial charge in [0.15, 0.2) is 12.1 Å². The quantitative estimate of drug-likeness (QED) is 0.421. The molecule has 0 amide bonds. The summed E-state index contributed by atoms with van der Waals surface area (Å²) < 4.78 is 8.41. The van der Waals surface area contributed by atoms with Crippen molar-refractivity contribution in [2.75, 3.05) is 12.0 Å². The SMILES string of the molecule is N#C/C(=N\Nc1ccc2c(c1)c(Br)nn2C1CCCCO1)C(=N)N. The molecule has 24 heavy (non-hydrogen) atoms. The Morgan fingerprint density at radius 3 is 3.04 bits per heavy atom. The first-order valence-corrected chi connectivity index (χ1v) is 8.27. The Labute approximate surface area is 146 Å². The predicted molar refractivity (Wildman–Crippen MR) is 94.9 cm³/mol. The van der Waals surface area contributed by atoms with Gasteiger partial charge < -0.3 is 10.5 Å². The van der Waals surface area contributed by atoms with Gasteiger partial charge in [-0.25, -0.2) is 4.68 Å². The minimum Gasteiger partial charge on any atom is -0.382 e. The number of anilines is 1. The summed E-state index contributed by atoms with van der Waals surface area (Å²) in [6.45, 7) is 0.750. The van der Waals surface area contributed by atoms with E-state index in [0.29, 0.717) is 10.3 Å². The normalized spacial score (nSPS) is 18.3. The van der Waals surface area contributed by atoms with Crippen LogP contribution in [0.15, 0.2) is 27.9 Å².